The van der Waals surface area contributed by atoms with Gasteiger partial charge in [0.25, 0.3) is 0 Å². The summed E-state index contributed by atoms with van der Waals surface area (Å²) in [7, 11) is 0. The number of anilines is 1. The zero-order valence-corrected chi connectivity index (χ0v) is 13.8. The van der Waals surface area contributed by atoms with Gasteiger partial charge in [-0.25, -0.2) is 0 Å². The number of benzene rings is 2. The standard InChI is InChI=1S/C19H25N3O/c1-15-8-6-11-18(14-15)22-19(20)21-12-7-13-23-16(2)17-9-4-3-5-10-17/h3-6,8-11,14,16H,7,12-13H2,1-2H3,(H3,20,21,22). The van der Waals surface area contributed by atoms with Crippen molar-refractivity contribution in [3.63, 3.8) is 0 Å². The molecule has 3 N–H and O–H groups in total. The smallest absolute Gasteiger partial charge is 0.193 e. The van der Waals surface area contributed by atoms with Crippen LogP contribution in [-0.2, 0) is 4.74 Å². The van der Waals surface area contributed by atoms with E-state index in [9.17, 15) is 0 Å². The minimum atomic E-state index is 0.0999. The number of aryl methyl sites for hydroxylation is 1. The van der Waals surface area contributed by atoms with Crippen molar-refractivity contribution in [1.29, 1.82) is 0 Å². The van der Waals surface area contributed by atoms with Gasteiger partial charge in [0.1, 0.15) is 0 Å². The number of nitrogens with zero attached hydrogens (tertiary/aromatic N) is 1. The van der Waals surface area contributed by atoms with E-state index >= 15 is 0 Å². The highest BCUT2D eigenvalue weighted by Gasteiger charge is 2.03. The van der Waals surface area contributed by atoms with E-state index in [0.29, 0.717) is 19.1 Å². The fraction of sp³-hybridized carbons (Fsp3) is 0.316. The van der Waals surface area contributed by atoms with Gasteiger partial charge in [0.2, 0.25) is 0 Å². The first-order chi connectivity index (χ1) is 11.1. The van der Waals surface area contributed by atoms with E-state index in [1.807, 2.05) is 49.4 Å². The minimum Gasteiger partial charge on any atom is -0.374 e. The zero-order chi connectivity index (χ0) is 16.5. The van der Waals surface area contributed by atoms with Crippen LogP contribution in [-0.4, -0.2) is 19.1 Å². The zero-order valence-electron chi connectivity index (χ0n) is 13.8. The third-order valence-corrected chi connectivity index (χ3v) is 3.51. The van der Waals surface area contributed by atoms with E-state index in [2.05, 4.69) is 29.4 Å². The maximum atomic E-state index is 5.89. The van der Waals surface area contributed by atoms with Crippen molar-refractivity contribution in [3.8, 4) is 0 Å². The number of rotatable bonds is 7. The molecule has 0 spiro atoms. The average molecular weight is 311 g/mol. The summed E-state index contributed by atoms with van der Waals surface area (Å²) < 4.78 is 5.81. The van der Waals surface area contributed by atoms with Crippen LogP contribution in [0.15, 0.2) is 59.6 Å². The lowest BCUT2D eigenvalue weighted by Crippen LogP contribution is -2.23. The van der Waals surface area contributed by atoms with Crippen molar-refractivity contribution in [2.24, 2.45) is 10.7 Å². The van der Waals surface area contributed by atoms with E-state index in [4.69, 9.17) is 10.5 Å². The second-order valence-corrected chi connectivity index (χ2v) is 5.54. The normalized spacial score (nSPS) is 12.9. The Bertz CT molecular complexity index is 626. The first-order valence-electron chi connectivity index (χ1n) is 7.95. The summed E-state index contributed by atoms with van der Waals surface area (Å²) in [4.78, 5) is 4.32. The fourth-order valence-corrected chi connectivity index (χ4v) is 2.25. The number of aliphatic imine (C=N–C) groups is 1. The van der Waals surface area contributed by atoms with Gasteiger partial charge in [0.15, 0.2) is 5.96 Å². The predicted octanol–water partition coefficient (Wildman–Crippen LogP) is 3.89. The number of guanidine groups is 1. The van der Waals surface area contributed by atoms with Crippen molar-refractivity contribution in [2.75, 3.05) is 18.5 Å². The van der Waals surface area contributed by atoms with Gasteiger partial charge in [-0.15, -0.1) is 0 Å². The van der Waals surface area contributed by atoms with Crippen LogP contribution in [0.3, 0.4) is 0 Å². The fourth-order valence-electron chi connectivity index (χ4n) is 2.25. The van der Waals surface area contributed by atoms with E-state index in [-0.39, 0.29) is 6.10 Å². The van der Waals surface area contributed by atoms with E-state index in [0.717, 1.165) is 12.1 Å². The van der Waals surface area contributed by atoms with E-state index in [1.54, 1.807) is 0 Å². The third kappa shape index (κ3) is 6.12. The monoisotopic (exact) mass is 311 g/mol. The summed E-state index contributed by atoms with van der Waals surface area (Å²) in [5, 5.41) is 3.10. The summed E-state index contributed by atoms with van der Waals surface area (Å²) >= 11 is 0. The van der Waals surface area contributed by atoms with Gasteiger partial charge < -0.3 is 15.8 Å². The second kappa shape index (κ2) is 8.96. The molecule has 4 nitrogen and oxygen atoms in total. The average Bonchev–Trinajstić information content (AvgIpc) is 2.55. The Kier molecular flexibility index (Phi) is 6.63. The second-order valence-electron chi connectivity index (χ2n) is 5.54. The van der Waals surface area contributed by atoms with Crippen molar-refractivity contribution in [2.45, 2.75) is 26.4 Å². The first-order valence-corrected chi connectivity index (χ1v) is 7.95. The maximum absolute atomic E-state index is 5.89. The van der Waals surface area contributed by atoms with E-state index in [1.165, 1.54) is 11.1 Å². The molecule has 0 radical (unpaired) electrons. The number of hydrogen-bond acceptors (Lipinski definition) is 2. The molecule has 0 aromatic heterocycles. The number of hydrogen-bond donors (Lipinski definition) is 2. The number of ether oxygens (including phenoxy) is 1. The molecule has 2 aromatic carbocycles. The molecule has 0 aliphatic carbocycles. The molecule has 1 atom stereocenters. The van der Waals surface area contributed by atoms with Crippen LogP contribution in [0.5, 0.6) is 0 Å². The van der Waals surface area contributed by atoms with Gasteiger partial charge in [0, 0.05) is 18.8 Å². The van der Waals surface area contributed by atoms with Gasteiger partial charge in [-0.05, 0) is 43.5 Å². The third-order valence-electron chi connectivity index (χ3n) is 3.51. The molecule has 4 heteroatoms. The summed E-state index contributed by atoms with van der Waals surface area (Å²) in [5.41, 5.74) is 9.22. The van der Waals surface area contributed by atoms with Gasteiger partial charge in [-0.3, -0.25) is 4.99 Å². The molecule has 0 aliphatic heterocycles. The largest absolute Gasteiger partial charge is 0.374 e. The highest BCUT2D eigenvalue weighted by molar-refractivity contribution is 5.92. The van der Waals surface area contributed by atoms with Gasteiger partial charge >= 0.3 is 0 Å². The SMILES string of the molecule is Cc1cccc(NC(N)=NCCCOC(C)c2ccccc2)c1. The highest BCUT2D eigenvalue weighted by atomic mass is 16.5. The molecule has 1 unspecified atom stereocenters. The summed E-state index contributed by atoms with van der Waals surface area (Å²) in [5.74, 6) is 0.437. The molecule has 2 aromatic rings. The van der Waals surface area contributed by atoms with Crippen LogP contribution in [0.1, 0.15) is 30.6 Å². The lowest BCUT2D eigenvalue weighted by Gasteiger charge is -2.12. The number of nitrogens with one attached hydrogen (secondary N) is 1. The molecule has 0 saturated heterocycles. The Balaban J connectivity index is 1.68. The highest BCUT2D eigenvalue weighted by Crippen LogP contribution is 2.15. The molecule has 122 valence electrons. The van der Waals surface area contributed by atoms with Gasteiger partial charge in [-0.1, -0.05) is 42.5 Å². The lowest BCUT2D eigenvalue weighted by atomic mass is 10.1. The Morgan fingerprint density at radius 1 is 1.17 bits per heavy atom. The van der Waals surface area contributed by atoms with Crippen LogP contribution < -0.4 is 11.1 Å². The van der Waals surface area contributed by atoms with Crippen molar-refractivity contribution >= 4 is 11.6 Å². The van der Waals surface area contributed by atoms with Crippen LogP contribution in [0, 0.1) is 6.92 Å². The summed E-state index contributed by atoms with van der Waals surface area (Å²) in [6.07, 6.45) is 0.941. The molecular formula is C19H25N3O. The van der Waals surface area contributed by atoms with Crippen molar-refractivity contribution < 1.29 is 4.74 Å². The van der Waals surface area contributed by atoms with Gasteiger partial charge in [-0.2, -0.15) is 0 Å². The molecule has 0 fully saturated rings. The maximum Gasteiger partial charge on any atom is 0.193 e. The molecule has 0 saturated carbocycles. The molecule has 0 aliphatic rings. The van der Waals surface area contributed by atoms with Gasteiger partial charge in [0.05, 0.1) is 6.10 Å². The van der Waals surface area contributed by atoms with E-state index < -0.39 is 0 Å². The Hall–Kier alpha value is -2.33. The Morgan fingerprint density at radius 2 is 1.96 bits per heavy atom. The quantitative estimate of drug-likeness (QED) is 0.463. The van der Waals surface area contributed by atoms with Crippen LogP contribution in [0.2, 0.25) is 0 Å². The Labute approximate surface area is 138 Å². The van der Waals surface area contributed by atoms with Crippen LogP contribution in [0.4, 0.5) is 5.69 Å². The predicted molar refractivity (Wildman–Crippen MR) is 96.7 cm³/mol. The summed E-state index contributed by atoms with van der Waals surface area (Å²) in [6, 6.07) is 18.3. The van der Waals surface area contributed by atoms with Crippen LogP contribution in [0.25, 0.3) is 0 Å². The summed E-state index contributed by atoms with van der Waals surface area (Å²) in [6.45, 7) is 5.42. The molecular weight excluding hydrogens is 286 g/mol. The molecule has 23 heavy (non-hydrogen) atoms. The number of nitrogens with two attached hydrogens (primary N) is 1. The van der Waals surface area contributed by atoms with Crippen molar-refractivity contribution in [3.05, 3.63) is 65.7 Å². The molecule has 2 rings (SSSR count). The molecule has 0 bridgehead atoms. The topological polar surface area (TPSA) is 59.6 Å². The molecule has 0 heterocycles. The lowest BCUT2D eigenvalue weighted by molar-refractivity contribution is 0.0652. The molecule has 0 amide bonds. The first kappa shape index (κ1) is 17.0. The minimum absolute atomic E-state index is 0.0999. The van der Waals surface area contributed by atoms with Crippen molar-refractivity contribution in [1.82, 2.24) is 0 Å². The van der Waals surface area contributed by atoms with Crippen LogP contribution >= 0.6 is 0 Å². The Morgan fingerprint density at radius 3 is 2.70 bits per heavy atom.